The lowest BCUT2D eigenvalue weighted by molar-refractivity contribution is 0.354. The van der Waals surface area contributed by atoms with Gasteiger partial charge in [-0.1, -0.05) is 29.8 Å². The highest BCUT2D eigenvalue weighted by Crippen LogP contribution is 2.34. The number of ether oxygens (including phenoxy) is 1. The molecule has 1 aliphatic heterocycles. The van der Waals surface area contributed by atoms with Crippen LogP contribution in [0.1, 0.15) is 29.0 Å². The Balaban J connectivity index is 1.83. The zero-order valence-electron chi connectivity index (χ0n) is 11.8. The van der Waals surface area contributed by atoms with E-state index in [4.69, 9.17) is 27.9 Å². The number of alkyl halides is 1. The molecule has 2 nitrogen and oxygen atoms in total. The van der Waals surface area contributed by atoms with Crippen molar-refractivity contribution in [3.8, 4) is 5.75 Å². The Bertz CT molecular complexity index is 655. The highest BCUT2D eigenvalue weighted by molar-refractivity contribution is 6.30. The lowest BCUT2D eigenvalue weighted by atomic mass is 10.1. The van der Waals surface area contributed by atoms with E-state index in [1.807, 2.05) is 43.3 Å². The molecule has 0 radical (unpaired) electrons. The molecule has 0 amide bonds. The molecule has 1 unspecified atom stereocenters. The SMILES string of the molecule is CC(Cl)c1ccccc1NCc1cc(Cl)cc2c1OCC2. The summed E-state index contributed by atoms with van der Waals surface area (Å²) < 4.78 is 5.73. The van der Waals surface area contributed by atoms with Gasteiger partial charge in [-0.2, -0.15) is 0 Å². The smallest absolute Gasteiger partial charge is 0.127 e. The van der Waals surface area contributed by atoms with Crippen LogP contribution in [0.5, 0.6) is 5.75 Å². The fourth-order valence-corrected chi connectivity index (χ4v) is 3.13. The van der Waals surface area contributed by atoms with E-state index in [-0.39, 0.29) is 5.38 Å². The first-order valence-electron chi connectivity index (χ1n) is 7.06. The number of anilines is 1. The number of rotatable bonds is 4. The third-order valence-corrected chi connectivity index (χ3v) is 4.14. The van der Waals surface area contributed by atoms with E-state index in [1.165, 1.54) is 5.56 Å². The number of benzene rings is 2. The molecule has 0 fully saturated rings. The summed E-state index contributed by atoms with van der Waals surface area (Å²) in [5.74, 6) is 0.975. The van der Waals surface area contributed by atoms with E-state index in [0.717, 1.165) is 40.6 Å². The maximum Gasteiger partial charge on any atom is 0.127 e. The van der Waals surface area contributed by atoms with Gasteiger partial charge < -0.3 is 10.1 Å². The van der Waals surface area contributed by atoms with Crippen LogP contribution in [0.4, 0.5) is 5.69 Å². The molecule has 0 saturated carbocycles. The largest absolute Gasteiger partial charge is 0.493 e. The second-order valence-electron chi connectivity index (χ2n) is 5.21. The zero-order valence-corrected chi connectivity index (χ0v) is 13.3. The van der Waals surface area contributed by atoms with Crippen LogP contribution in [-0.2, 0) is 13.0 Å². The fraction of sp³-hybridized carbons (Fsp3) is 0.294. The lowest BCUT2D eigenvalue weighted by Gasteiger charge is -2.15. The third-order valence-electron chi connectivity index (χ3n) is 3.68. The summed E-state index contributed by atoms with van der Waals surface area (Å²) in [6.45, 7) is 3.38. The summed E-state index contributed by atoms with van der Waals surface area (Å²) in [7, 11) is 0. The second-order valence-corrected chi connectivity index (χ2v) is 6.30. The van der Waals surface area contributed by atoms with Gasteiger partial charge in [0.2, 0.25) is 0 Å². The van der Waals surface area contributed by atoms with Crippen molar-refractivity contribution >= 4 is 28.9 Å². The first-order valence-corrected chi connectivity index (χ1v) is 7.87. The number of fused-ring (bicyclic) bond motifs is 1. The summed E-state index contributed by atoms with van der Waals surface area (Å²) in [6.07, 6.45) is 0.929. The van der Waals surface area contributed by atoms with Crippen molar-refractivity contribution in [3.05, 3.63) is 58.1 Å². The van der Waals surface area contributed by atoms with Crippen molar-refractivity contribution in [1.82, 2.24) is 0 Å². The van der Waals surface area contributed by atoms with Gasteiger partial charge in [0.25, 0.3) is 0 Å². The van der Waals surface area contributed by atoms with E-state index in [1.54, 1.807) is 0 Å². The predicted molar refractivity (Wildman–Crippen MR) is 88.7 cm³/mol. The van der Waals surface area contributed by atoms with Crippen molar-refractivity contribution in [2.24, 2.45) is 0 Å². The van der Waals surface area contributed by atoms with Crippen LogP contribution in [0.3, 0.4) is 0 Å². The highest BCUT2D eigenvalue weighted by atomic mass is 35.5. The van der Waals surface area contributed by atoms with E-state index >= 15 is 0 Å². The molecule has 1 atom stereocenters. The normalized spacial score (nSPS) is 14.4. The molecule has 0 spiro atoms. The molecule has 110 valence electrons. The standard InChI is InChI=1S/C17H17Cl2NO/c1-11(18)15-4-2-3-5-16(15)20-10-13-9-14(19)8-12-6-7-21-17(12)13/h2-5,8-9,11,20H,6-7,10H2,1H3. The van der Waals surface area contributed by atoms with Crippen LogP contribution in [0.2, 0.25) is 5.02 Å². The fourth-order valence-electron chi connectivity index (χ4n) is 2.67. The molecule has 4 heteroatoms. The van der Waals surface area contributed by atoms with Gasteiger partial charge in [-0.15, -0.1) is 11.6 Å². The Hall–Kier alpha value is -1.38. The summed E-state index contributed by atoms with van der Waals surface area (Å²) >= 11 is 12.4. The first-order chi connectivity index (χ1) is 10.1. The Morgan fingerprint density at radius 1 is 1.29 bits per heavy atom. The maximum atomic E-state index is 6.22. The Morgan fingerprint density at radius 3 is 2.90 bits per heavy atom. The van der Waals surface area contributed by atoms with Crippen LogP contribution in [0.25, 0.3) is 0 Å². The molecule has 1 N–H and O–H groups in total. The van der Waals surface area contributed by atoms with E-state index in [0.29, 0.717) is 6.54 Å². The van der Waals surface area contributed by atoms with E-state index in [9.17, 15) is 0 Å². The average Bonchev–Trinajstić information content (AvgIpc) is 2.93. The van der Waals surface area contributed by atoms with Gasteiger partial charge in [-0.3, -0.25) is 0 Å². The number of para-hydroxylation sites is 1. The topological polar surface area (TPSA) is 21.3 Å². The number of hydrogen-bond acceptors (Lipinski definition) is 2. The predicted octanol–water partition coefficient (Wildman–Crippen LogP) is 5.19. The van der Waals surface area contributed by atoms with Gasteiger partial charge in [0, 0.05) is 29.2 Å². The Labute approximate surface area is 135 Å². The quantitative estimate of drug-likeness (QED) is 0.783. The lowest BCUT2D eigenvalue weighted by Crippen LogP contribution is -2.04. The van der Waals surface area contributed by atoms with Crippen LogP contribution >= 0.6 is 23.2 Å². The van der Waals surface area contributed by atoms with E-state index < -0.39 is 0 Å². The molecule has 3 rings (SSSR count). The van der Waals surface area contributed by atoms with Crippen molar-refractivity contribution in [2.45, 2.75) is 25.3 Å². The molecular formula is C17H17Cl2NO. The average molecular weight is 322 g/mol. The Morgan fingerprint density at radius 2 is 2.10 bits per heavy atom. The molecule has 2 aromatic carbocycles. The van der Waals surface area contributed by atoms with Gasteiger partial charge in [0.15, 0.2) is 0 Å². The maximum absolute atomic E-state index is 6.22. The minimum atomic E-state index is -0.0324. The summed E-state index contributed by atoms with van der Waals surface area (Å²) in [4.78, 5) is 0. The molecule has 1 heterocycles. The number of halogens is 2. The van der Waals surface area contributed by atoms with Gasteiger partial charge >= 0.3 is 0 Å². The van der Waals surface area contributed by atoms with Crippen molar-refractivity contribution in [3.63, 3.8) is 0 Å². The van der Waals surface area contributed by atoms with Gasteiger partial charge in [-0.05, 0) is 36.2 Å². The minimum Gasteiger partial charge on any atom is -0.493 e. The monoisotopic (exact) mass is 321 g/mol. The third kappa shape index (κ3) is 3.12. The molecular weight excluding hydrogens is 305 g/mol. The van der Waals surface area contributed by atoms with Crippen molar-refractivity contribution in [2.75, 3.05) is 11.9 Å². The zero-order chi connectivity index (χ0) is 14.8. The summed E-state index contributed by atoms with van der Waals surface area (Å²) in [6, 6.07) is 12.0. The summed E-state index contributed by atoms with van der Waals surface area (Å²) in [5, 5.41) is 4.17. The first kappa shape index (κ1) is 14.6. The highest BCUT2D eigenvalue weighted by Gasteiger charge is 2.17. The van der Waals surface area contributed by atoms with Crippen molar-refractivity contribution < 1.29 is 4.74 Å². The minimum absolute atomic E-state index is 0.0324. The number of hydrogen-bond donors (Lipinski definition) is 1. The van der Waals surface area contributed by atoms with Crippen LogP contribution in [0, 0.1) is 0 Å². The molecule has 0 aliphatic carbocycles. The molecule has 0 aromatic heterocycles. The molecule has 21 heavy (non-hydrogen) atoms. The van der Waals surface area contributed by atoms with E-state index in [2.05, 4.69) is 5.32 Å². The van der Waals surface area contributed by atoms with Gasteiger partial charge in [0.05, 0.1) is 12.0 Å². The van der Waals surface area contributed by atoms with Crippen LogP contribution < -0.4 is 10.1 Å². The number of nitrogens with one attached hydrogen (secondary N) is 1. The Kier molecular flexibility index (Phi) is 4.27. The molecule has 0 bridgehead atoms. The second kappa shape index (κ2) is 6.17. The van der Waals surface area contributed by atoms with Gasteiger partial charge in [-0.25, -0.2) is 0 Å². The summed E-state index contributed by atoms with van der Waals surface area (Å²) in [5.41, 5.74) is 4.43. The van der Waals surface area contributed by atoms with Crippen LogP contribution in [0.15, 0.2) is 36.4 Å². The van der Waals surface area contributed by atoms with Crippen molar-refractivity contribution in [1.29, 1.82) is 0 Å². The van der Waals surface area contributed by atoms with Gasteiger partial charge in [0.1, 0.15) is 5.75 Å². The molecule has 2 aromatic rings. The molecule has 0 saturated heterocycles. The molecule has 1 aliphatic rings. The van der Waals surface area contributed by atoms with Crippen LogP contribution in [-0.4, -0.2) is 6.61 Å².